The molecular formula is C21H18N6O6S2. The van der Waals surface area contributed by atoms with Gasteiger partial charge in [0, 0.05) is 30.5 Å². The molecule has 0 spiro atoms. The fourth-order valence-corrected chi connectivity index (χ4v) is 5.23. The van der Waals surface area contributed by atoms with Crippen LogP contribution in [0.25, 0.3) is 6.08 Å². The number of nitrogens with one attached hydrogen (secondary N) is 1. The molecule has 1 fully saturated rings. The van der Waals surface area contributed by atoms with E-state index in [1.807, 2.05) is 6.07 Å². The number of carbonyl (C=O) groups excluding carboxylic acids is 3. The van der Waals surface area contributed by atoms with E-state index in [4.69, 9.17) is 5.73 Å². The minimum Gasteiger partial charge on any atom is -0.477 e. The molecule has 0 aliphatic carbocycles. The van der Waals surface area contributed by atoms with E-state index in [0.717, 1.165) is 28.7 Å². The number of nitrogen functional groups attached to an aromatic ring is 1. The number of aliphatic carboxylic acids is 1. The molecule has 2 aromatic heterocycles. The van der Waals surface area contributed by atoms with E-state index < -0.39 is 35.2 Å². The van der Waals surface area contributed by atoms with E-state index in [-0.39, 0.29) is 22.2 Å². The third-order valence-corrected chi connectivity index (χ3v) is 6.87. The van der Waals surface area contributed by atoms with Crippen molar-refractivity contribution in [3.8, 4) is 0 Å². The number of pyridine rings is 1. The Morgan fingerprint density at radius 1 is 1.37 bits per heavy atom. The highest BCUT2D eigenvalue weighted by Crippen LogP contribution is 2.40. The standard InChI is InChI=1S/C21H18N6O6S2/c1-10(28)33-26-14(13-9-35-21(22)24-13)17(29)25-15-18(30)27-16(20(31)32)12(8-34-19(15)27)5-4-11-3-2-6-23-7-11/h2-7,9,15,19H,8H2,1H3,(H2,22,24)(H,25,29)(H,31,32)/b5-4-,26-14-/t15-,19-/m1/s1. The lowest BCUT2D eigenvalue weighted by atomic mass is 10.0. The summed E-state index contributed by atoms with van der Waals surface area (Å²) in [6.45, 7) is 1.11. The summed E-state index contributed by atoms with van der Waals surface area (Å²) >= 11 is 2.36. The first kappa shape index (κ1) is 24.1. The third-order valence-electron chi connectivity index (χ3n) is 4.89. The number of oxime groups is 1. The normalized spacial score (nSPS) is 19.9. The first-order chi connectivity index (χ1) is 16.8. The smallest absolute Gasteiger partial charge is 0.352 e. The van der Waals surface area contributed by atoms with Crippen molar-refractivity contribution in [1.82, 2.24) is 20.2 Å². The van der Waals surface area contributed by atoms with E-state index in [1.54, 1.807) is 30.6 Å². The fourth-order valence-electron chi connectivity index (χ4n) is 3.36. The monoisotopic (exact) mass is 514 g/mol. The first-order valence-electron chi connectivity index (χ1n) is 10.0. The number of carboxylic acids is 1. The minimum absolute atomic E-state index is 0.0696. The highest BCUT2D eigenvalue weighted by atomic mass is 32.2. The molecule has 35 heavy (non-hydrogen) atoms. The number of hydrogen-bond donors (Lipinski definition) is 3. The Balaban J connectivity index is 1.54. The summed E-state index contributed by atoms with van der Waals surface area (Å²) in [6.07, 6.45) is 6.60. The second-order valence-electron chi connectivity index (χ2n) is 7.25. The summed E-state index contributed by atoms with van der Waals surface area (Å²) < 4.78 is 0. The number of nitrogens with zero attached hydrogens (tertiary/aromatic N) is 4. The molecule has 1 saturated heterocycles. The molecule has 4 rings (SSSR count). The molecular weight excluding hydrogens is 496 g/mol. The van der Waals surface area contributed by atoms with E-state index in [2.05, 4.69) is 25.3 Å². The highest BCUT2D eigenvalue weighted by molar-refractivity contribution is 8.00. The van der Waals surface area contributed by atoms with Crippen molar-refractivity contribution >= 4 is 63.8 Å². The Morgan fingerprint density at radius 3 is 2.80 bits per heavy atom. The van der Waals surface area contributed by atoms with Crippen LogP contribution in [0.3, 0.4) is 0 Å². The number of nitrogens with two attached hydrogens (primary N) is 1. The SMILES string of the molecule is CC(=O)O/N=C(\C(=O)N[C@@H]1C(=O)N2C(C(=O)O)=C(/C=C\c3cccnc3)CS[C@H]12)c1csc(N)n1. The van der Waals surface area contributed by atoms with Gasteiger partial charge in [0.2, 0.25) is 0 Å². The molecule has 0 aromatic carbocycles. The molecule has 2 aromatic rings. The van der Waals surface area contributed by atoms with Crippen LogP contribution in [0.15, 0.2) is 52.4 Å². The zero-order chi connectivity index (χ0) is 25.1. The Morgan fingerprint density at radius 2 is 2.17 bits per heavy atom. The fraction of sp³-hybridized carbons (Fsp3) is 0.190. The number of β-lactam (4-membered cyclic amide) rings is 1. The van der Waals surface area contributed by atoms with Crippen LogP contribution in [0.5, 0.6) is 0 Å². The lowest BCUT2D eigenvalue weighted by molar-refractivity contribution is -0.150. The van der Waals surface area contributed by atoms with Gasteiger partial charge < -0.3 is 21.0 Å². The van der Waals surface area contributed by atoms with Crippen molar-refractivity contribution < 1.29 is 29.1 Å². The van der Waals surface area contributed by atoms with Crippen molar-refractivity contribution in [2.75, 3.05) is 11.5 Å². The van der Waals surface area contributed by atoms with Crippen LogP contribution in [0.1, 0.15) is 18.2 Å². The number of rotatable bonds is 7. The molecule has 2 amide bonds. The molecule has 0 saturated carbocycles. The Labute approximate surface area is 206 Å². The maximum atomic E-state index is 12.9. The van der Waals surface area contributed by atoms with Crippen molar-refractivity contribution in [2.45, 2.75) is 18.3 Å². The maximum absolute atomic E-state index is 12.9. The van der Waals surface area contributed by atoms with Gasteiger partial charge in [-0.1, -0.05) is 23.4 Å². The molecule has 12 nitrogen and oxygen atoms in total. The van der Waals surface area contributed by atoms with Gasteiger partial charge in [0.15, 0.2) is 10.8 Å². The summed E-state index contributed by atoms with van der Waals surface area (Å²) in [7, 11) is 0. The Bertz CT molecular complexity index is 1290. The number of allylic oxidation sites excluding steroid dienone is 1. The molecule has 0 radical (unpaired) electrons. The molecule has 2 aliphatic heterocycles. The molecule has 14 heteroatoms. The quantitative estimate of drug-likeness (QED) is 0.208. The molecule has 180 valence electrons. The second-order valence-corrected chi connectivity index (χ2v) is 9.25. The predicted octanol–water partition coefficient (Wildman–Crippen LogP) is 0.839. The lowest BCUT2D eigenvalue weighted by Gasteiger charge is -2.49. The number of hydrogen-bond acceptors (Lipinski definition) is 11. The van der Waals surface area contributed by atoms with Gasteiger partial charge in [-0.2, -0.15) is 0 Å². The Hall–Kier alpha value is -4.04. The molecule has 4 N–H and O–H groups in total. The number of thiazole rings is 1. The van der Waals surface area contributed by atoms with Gasteiger partial charge in [-0.3, -0.25) is 19.5 Å². The van der Waals surface area contributed by atoms with Gasteiger partial charge in [-0.25, -0.2) is 14.6 Å². The number of thioether (sulfide) groups is 1. The number of anilines is 1. The van der Waals surface area contributed by atoms with Gasteiger partial charge in [0.05, 0.1) is 0 Å². The number of carbonyl (C=O) groups is 4. The van der Waals surface area contributed by atoms with Crippen molar-refractivity contribution in [1.29, 1.82) is 0 Å². The third kappa shape index (κ3) is 5.07. The average molecular weight is 515 g/mol. The molecule has 0 unspecified atom stereocenters. The second kappa shape index (κ2) is 10.1. The minimum atomic E-state index is -1.26. The number of fused-ring (bicyclic) bond motifs is 1. The number of amides is 2. The van der Waals surface area contributed by atoms with Crippen LogP contribution in [-0.2, 0) is 24.0 Å². The highest BCUT2D eigenvalue weighted by Gasteiger charge is 2.54. The van der Waals surface area contributed by atoms with Crippen molar-refractivity contribution in [3.63, 3.8) is 0 Å². The lowest BCUT2D eigenvalue weighted by Crippen LogP contribution is -2.71. The van der Waals surface area contributed by atoms with Crippen LogP contribution in [0.4, 0.5) is 5.13 Å². The van der Waals surface area contributed by atoms with E-state index in [1.165, 1.54) is 17.1 Å². The summed E-state index contributed by atoms with van der Waals surface area (Å²) in [6, 6.07) is 2.56. The number of carboxylic acid groups (broad SMARTS) is 1. The summed E-state index contributed by atoms with van der Waals surface area (Å²) in [5, 5.41) is 16.9. The van der Waals surface area contributed by atoms with Crippen LogP contribution in [0, 0.1) is 0 Å². The summed E-state index contributed by atoms with van der Waals surface area (Å²) in [5.41, 5.74) is 6.43. The average Bonchev–Trinajstić information content (AvgIpc) is 3.26. The van der Waals surface area contributed by atoms with Gasteiger partial charge >= 0.3 is 11.9 Å². The van der Waals surface area contributed by atoms with Gasteiger partial charge in [0.1, 0.15) is 22.8 Å². The molecule has 4 heterocycles. The topological polar surface area (TPSA) is 177 Å². The largest absolute Gasteiger partial charge is 0.477 e. The van der Waals surface area contributed by atoms with Crippen LogP contribution < -0.4 is 11.1 Å². The van der Waals surface area contributed by atoms with Gasteiger partial charge in [-0.05, 0) is 17.2 Å². The van der Waals surface area contributed by atoms with Crippen LogP contribution in [0.2, 0.25) is 0 Å². The zero-order valence-electron chi connectivity index (χ0n) is 18.1. The van der Waals surface area contributed by atoms with E-state index in [0.29, 0.717) is 11.3 Å². The first-order valence-corrected chi connectivity index (χ1v) is 12.0. The number of aromatic nitrogens is 2. The van der Waals surface area contributed by atoms with Gasteiger partial charge in [0.25, 0.3) is 11.8 Å². The predicted molar refractivity (Wildman–Crippen MR) is 128 cm³/mol. The maximum Gasteiger partial charge on any atom is 0.352 e. The van der Waals surface area contributed by atoms with Crippen molar-refractivity contribution in [2.24, 2.45) is 5.16 Å². The van der Waals surface area contributed by atoms with Crippen molar-refractivity contribution in [3.05, 3.63) is 58.5 Å². The van der Waals surface area contributed by atoms with E-state index in [9.17, 15) is 24.3 Å². The Kier molecular flexibility index (Phi) is 6.93. The zero-order valence-corrected chi connectivity index (χ0v) is 19.7. The molecule has 2 atom stereocenters. The van der Waals surface area contributed by atoms with Crippen LogP contribution >= 0.6 is 23.1 Å². The van der Waals surface area contributed by atoms with E-state index >= 15 is 0 Å². The summed E-state index contributed by atoms with van der Waals surface area (Å²) in [4.78, 5) is 62.7. The summed E-state index contributed by atoms with van der Waals surface area (Å²) in [5.74, 6) is -3.12. The van der Waals surface area contributed by atoms with Gasteiger partial charge in [-0.15, -0.1) is 23.1 Å². The molecule has 0 bridgehead atoms. The molecule has 2 aliphatic rings. The van der Waals surface area contributed by atoms with Crippen LogP contribution in [-0.4, -0.2) is 66.6 Å².